The molecule has 2 rings (SSSR count). The Morgan fingerprint density at radius 3 is 2.46 bits per heavy atom. The zero-order valence-electron chi connectivity index (χ0n) is 16.6. The highest BCUT2D eigenvalue weighted by Gasteiger charge is 2.27. The molecule has 28 heavy (non-hydrogen) atoms. The summed E-state index contributed by atoms with van der Waals surface area (Å²) in [5, 5.41) is 2.71. The van der Waals surface area contributed by atoms with Crippen LogP contribution >= 0.6 is 0 Å². The molecule has 7 nitrogen and oxygen atoms in total. The number of nitrogens with one attached hydrogen (secondary N) is 1. The van der Waals surface area contributed by atoms with Crippen molar-refractivity contribution in [1.29, 1.82) is 0 Å². The Morgan fingerprint density at radius 2 is 1.86 bits per heavy atom. The molecule has 0 saturated carbocycles. The Labute approximate surface area is 164 Å². The number of nitrogens with zero attached hydrogens (tertiary/aromatic N) is 1. The van der Waals surface area contributed by atoms with Gasteiger partial charge in [-0.1, -0.05) is 32.0 Å². The maximum atomic E-state index is 12.5. The molecular formula is C21H26N2O5. The summed E-state index contributed by atoms with van der Waals surface area (Å²) in [6, 6.07) is 9.76. The zero-order valence-corrected chi connectivity index (χ0v) is 16.6. The SMILES string of the molecule is Cc1ccccc1C(=O)NC(C(=O)OCC(=O)N(C)Cc1ccco1)C(C)C. The molecule has 1 N–H and O–H groups in total. The molecule has 2 amide bonds. The molecular weight excluding hydrogens is 360 g/mol. The Morgan fingerprint density at radius 1 is 1.14 bits per heavy atom. The monoisotopic (exact) mass is 386 g/mol. The Bertz CT molecular complexity index is 814. The van der Waals surface area contributed by atoms with Gasteiger partial charge in [0, 0.05) is 12.6 Å². The summed E-state index contributed by atoms with van der Waals surface area (Å²) in [6.07, 6.45) is 1.53. The quantitative estimate of drug-likeness (QED) is 0.705. The first-order chi connectivity index (χ1) is 13.3. The standard InChI is InChI=1S/C21H26N2O5/c1-14(2)19(22-20(25)17-10-6-5-8-15(17)3)21(26)28-13-18(24)23(4)12-16-9-7-11-27-16/h5-11,14,19H,12-13H2,1-4H3,(H,22,25). The molecule has 1 aromatic carbocycles. The van der Waals surface area contributed by atoms with Crippen LogP contribution in [0.2, 0.25) is 0 Å². The number of aryl methyl sites for hydroxylation is 1. The van der Waals surface area contributed by atoms with Crippen LogP contribution in [-0.4, -0.2) is 42.4 Å². The lowest BCUT2D eigenvalue weighted by atomic mass is 10.0. The largest absolute Gasteiger partial charge is 0.467 e. The van der Waals surface area contributed by atoms with Crippen LogP contribution in [0.25, 0.3) is 0 Å². The molecule has 0 aliphatic heterocycles. The van der Waals surface area contributed by atoms with Crippen molar-refractivity contribution in [2.75, 3.05) is 13.7 Å². The van der Waals surface area contributed by atoms with Crippen molar-refractivity contribution in [1.82, 2.24) is 10.2 Å². The van der Waals surface area contributed by atoms with Gasteiger partial charge in [-0.15, -0.1) is 0 Å². The van der Waals surface area contributed by atoms with E-state index in [1.54, 1.807) is 45.2 Å². The average Bonchev–Trinajstić information content (AvgIpc) is 3.16. The van der Waals surface area contributed by atoms with Gasteiger partial charge in [-0.05, 0) is 36.6 Å². The van der Waals surface area contributed by atoms with E-state index in [1.807, 2.05) is 19.1 Å². The van der Waals surface area contributed by atoms with Gasteiger partial charge in [0.05, 0.1) is 12.8 Å². The third-order valence-electron chi connectivity index (χ3n) is 4.33. The molecule has 7 heteroatoms. The number of amides is 2. The van der Waals surface area contributed by atoms with Crippen LogP contribution in [0.4, 0.5) is 0 Å². The molecule has 1 heterocycles. The molecule has 2 aromatic rings. The molecule has 150 valence electrons. The van der Waals surface area contributed by atoms with Gasteiger partial charge in [-0.2, -0.15) is 0 Å². The summed E-state index contributed by atoms with van der Waals surface area (Å²) in [7, 11) is 1.60. The highest BCUT2D eigenvalue weighted by atomic mass is 16.5. The van der Waals surface area contributed by atoms with Crippen molar-refractivity contribution in [3.63, 3.8) is 0 Å². The molecule has 0 saturated heterocycles. The predicted octanol–water partition coefficient (Wildman–Crippen LogP) is 2.54. The first-order valence-corrected chi connectivity index (χ1v) is 9.09. The Kier molecular flexibility index (Phi) is 7.37. The number of carbonyl (C=O) groups excluding carboxylic acids is 3. The molecule has 0 bridgehead atoms. The second-order valence-corrected chi connectivity index (χ2v) is 6.95. The van der Waals surface area contributed by atoms with Gasteiger partial charge in [0.25, 0.3) is 11.8 Å². The van der Waals surface area contributed by atoms with Gasteiger partial charge in [0.15, 0.2) is 6.61 Å². The first kappa shape index (κ1) is 21.2. The maximum Gasteiger partial charge on any atom is 0.329 e. The van der Waals surface area contributed by atoms with Crippen LogP contribution in [-0.2, 0) is 20.9 Å². The second kappa shape index (κ2) is 9.73. The number of furan rings is 1. The van der Waals surface area contributed by atoms with Crippen molar-refractivity contribution >= 4 is 17.8 Å². The molecule has 1 atom stereocenters. The van der Waals surface area contributed by atoms with E-state index >= 15 is 0 Å². The lowest BCUT2D eigenvalue weighted by molar-refractivity contribution is -0.154. The summed E-state index contributed by atoms with van der Waals surface area (Å²) in [5.41, 5.74) is 1.31. The second-order valence-electron chi connectivity index (χ2n) is 6.95. The normalized spacial score (nSPS) is 11.8. The van der Waals surface area contributed by atoms with Crippen molar-refractivity contribution in [2.24, 2.45) is 5.92 Å². The fourth-order valence-electron chi connectivity index (χ4n) is 2.60. The van der Waals surface area contributed by atoms with E-state index < -0.39 is 18.6 Å². The summed E-state index contributed by atoms with van der Waals surface area (Å²) in [6.45, 7) is 5.30. The van der Waals surface area contributed by atoms with Crippen molar-refractivity contribution in [2.45, 2.75) is 33.4 Å². The lowest BCUT2D eigenvalue weighted by Gasteiger charge is -2.22. The van der Waals surface area contributed by atoms with Gasteiger partial charge >= 0.3 is 5.97 Å². The number of benzene rings is 1. The zero-order chi connectivity index (χ0) is 20.7. The first-order valence-electron chi connectivity index (χ1n) is 9.09. The third-order valence-corrected chi connectivity index (χ3v) is 4.33. The van der Waals surface area contributed by atoms with Crippen LogP contribution < -0.4 is 5.32 Å². The predicted molar refractivity (Wildman–Crippen MR) is 103 cm³/mol. The highest BCUT2D eigenvalue weighted by molar-refractivity contribution is 5.98. The lowest BCUT2D eigenvalue weighted by Crippen LogP contribution is -2.46. The summed E-state index contributed by atoms with van der Waals surface area (Å²) < 4.78 is 10.4. The average molecular weight is 386 g/mol. The van der Waals surface area contributed by atoms with E-state index in [2.05, 4.69) is 5.32 Å². The third kappa shape index (κ3) is 5.70. The molecule has 1 aromatic heterocycles. The van der Waals surface area contributed by atoms with E-state index in [9.17, 15) is 14.4 Å². The van der Waals surface area contributed by atoms with Gasteiger partial charge in [0.1, 0.15) is 11.8 Å². The smallest absolute Gasteiger partial charge is 0.329 e. The Hall–Kier alpha value is -3.09. The van der Waals surface area contributed by atoms with Gasteiger partial charge < -0.3 is 19.4 Å². The number of hydrogen-bond acceptors (Lipinski definition) is 5. The topological polar surface area (TPSA) is 88.8 Å². The number of ether oxygens (including phenoxy) is 1. The number of carbonyl (C=O) groups is 3. The van der Waals surface area contributed by atoms with Gasteiger partial charge in [0.2, 0.25) is 0 Å². The molecule has 0 fully saturated rings. The van der Waals surface area contributed by atoms with Crippen LogP contribution in [0.3, 0.4) is 0 Å². The summed E-state index contributed by atoms with van der Waals surface area (Å²) in [5.74, 6) is -0.923. The molecule has 0 aliphatic carbocycles. The van der Waals surface area contributed by atoms with Crippen LogP contribution in [0.15, 0.2) is 47.1 Å². The van der Waals surface area contributed by atoms with Crippen molar-refractivity contribution in [3.8, 4) is 0 Å². The minimum absolute atomic E-state index is 0.198. The molecule has 0 aliphatic rings. The fourth-order valence-corrected chi connectivity index (χ4v) is 2.60. The fraction of sp³-hybridized carbons (Fsp3) is 0.381. The minimum Gasteiger partial charge on any atom is -0.467 e. The van der Waals surface area contributed by atoms with Gasteiger partial charge in [-0.25, -0.2) is 4.79 Å². The van der Waals surface area contributed by atoms with E-state index in [-0.39, 0.29) is 24.3 Å². The number of likely N-dealkylation sites (N-methyl/N-ethyl adjacent to an activating group) is 1. The van der Waals surface area contributed by atoms with Crippen molar-refractivity contribution in [3.05, 3.63) is 59.5 Å². The summed E-state index contributed by atoms with van der Waals surface area (Å²) in [4.78, 5) is 38.5. The highest BCUT2D eigenvalue weighted by Crippen LogP contribution is 2.10. The van der Waals surface area contributed by atoms with E-state index in [4.69, 9.17) is 9.15 Å². The number of esters is 1. The summed E-state index contributed by atoms with van der Waals surface area (Å²) >= 11 is 0. The minimum atomic E-state index is -0.852. The Balaban J connectivity index is 1.92. The van der Waals surface area contributed by atoms with Crippen LogP contribution in [0, 0.1) is 12.8 Å². The van der Waals surface area contributed by atoms with E-state index in [1.165, 1.54) is 11.2 Å². The number of rotatable bonds is 8. The van der Waals surface area contributed by atoms with Gasteiger partial charge in [-0.3, -0.25) is 9.59 Å². The van der Waals surface area contributed by atoms with Crippen molar-refractivity contribution < 1.29 is 23.5 Å². The van der Waals surface area contributed by atoms with Crippen LogP contribution in [0.1, 0.15) is 35.5 Å². The van der Waals surface area contributed by atoms with E-state index in [0.717, 1.165) is 5.56 Å². The maximum absolute atomic E-state index is 12.5. The molecule has 1 unspecified atom stereocenters. The molecule has 0 radical (unpaired) electrons. The molecule has 0 spiro atoms. The van der Waals surface area contributed by atoms with E-state index in [0.29, 0.717) is 11.3 Å². The van der Waals surface area contributed by atoms with Crippen LogP contribution in [0.5, 0.6) is 0 Å². The number of hydrogen-bond donors (Lipinski definition) is 1.